The van der Waals surface area contributed by atoms with Crippen LogP contribution in [0.15, 0.2) is 0 Å². The van der Waals surface area contributed by atoms with Crippen LogP contribution in [0.4, 0.5) is 0 Å². The first-order chi connectivity index (χ1) is 4.02. The maximum absolute atomic E-state index is 11.0. The molecule has 0 N–H and O–H groups in total. The fourth-order valence-electron chi connectivity index (χ4n) is 0.668. The van der Waals surface area contributed by atoms with Gasteiger partial charge in [-0.25, -0.2) is 8.42 Å². The molecule has 0 heterocycles. The first-order valence-electron chi connectivity index (χ1n) is 2.93. The average molecular weight is 213 g/mol. The monoisotopic (exact) mass is 212 g/mol. The van der Waals surface area contributed by atoms with Crippen molar-refractivity contribution >= 4 is 25.8 Å². The van der Waals surface area contributed by atoms with Crippen LogP contribution in [0.1, 0.15) is 19.8 Å². The van der Waals surface area contributed by atoms with E-state index >= 15 is 0 Å². The first-order valence-corrected chi connectivity index (χ1v) is 5.37. The Morgan fingerprint density at radius 1 is 1.56 bits per heavy atom. The molecule has 1 aliphatic rings. The van der Waals surface area contributed by atoms with Crippen LogP contribution in [-0.4, -0.2) is 17.8 Å². The van der Waals surface area contributed by atoms with Crippen LogP contribution in [-0.2, 0) is 9.84 Å². The highest BCUT2D eigenvalue weighted by Crippen LogP contribution is 2.49. The van der Waals surface area contributed by atoms with Gasteiger partial charge in [0.2, 0.25) is 0 Å². The molecule has 0 aromatic heterocycles. The lowest BCUT2D eigenvalue weighted by molar-refractivity contribution is 0.594. The third-order valence-corrected chi connectivity index (χ3v) is 6.14. The quantitative estimate of drug-likeness (QED) is 0.648. The van der Waals surface area contributed by atoms with Gasteiger partial charge in [0.25, 0.3) is 0 Å². The largest absolute Gasteiger partial charge is 0.227 e. The minimum Gasteiger partial charge on any atom is -0.227 e. The summed E-state index contributed by atoms with van der Waals surface area (Å²) in [6.45, 7) is 1.68. The molecule has 1 rings (SSSR count). The van der Waals surface area contributed by atoms with E-state index in [1.54, 1.807) is 6.92 Å². The van der Waals surface area contributed by atoms with E-state index < -0.39 is 13.5 Å². The maximum Gasteiger partial charge on any atom is 0.165 e. The summed E-state index contributed by atoms with van der Waals surface area (Å²) in [6, 6.07) is 0. The predicted octanol–water partition coefficient (Wildman–Crippen LogP) is 1.31. The van der Waals surface area contributed by atoms with Gasteiger partial charge in [-0.1, -0.05) is 22.9 Å². The molecule has 0 radical (unpaired) electrons. The molecule has 54 valence electrons. The van der Waals surface area contributed by atoms with E-state index in [-0.39, 0.29) is 5.75 Å². The minimum absolute atomic E-state index is 0.248. The summed E-state index contributed by atoms with van der Waals surface area (Å²) in [5, 5.41) is 0. The molecule has 0 amide bonds. The van der Waals surface area contributed by atoms with E-state index in [1.807, 2.05) is 0 Å². The molecule has 0 bridgehead atoms. The van der Waals surface area contributed by atoms with E-state index in [9.17, 15) is 8.42 Å². The van der Waals surface area contributed by atoms with E-state index in [0.29, 0.717) is 0 Å². The highest BCUT2D eigenvalue weighted by molar-refractivity contribution is 9.11. The molecule has 1 fully saturated rings. The second-order valence-electron chi connectivity index (χ2n) is 2.29. The minimum atomic E-state index is -2.81. The fraction of sp³-hybridized carbons (Fsp3) is 1.00. The summed E-state index contributed by atoms with van der Waals surface area (Å²) in [7, 11) is -2.81. The molecule has 0 aromatic carbocycles. The molecule has 0 aromatic rings. The zero-order chi connectivity index (χ0) is 7.12. The van der Waals surface area contributed by atoms with Crippen molar-refractivity contribution in [3.63, 3.8) is 0 Å². The van der Waals surface area contributed by atoms with Gasteiger partial charge in [-0.15, -0.1) is 0 Å². The van der Waals surface area contributed by atoms with Gasteiger partial charge < -0.3 is 0 Å². The SMILES string of the molecule is CCS(=O)(=O)C1(Br)CC1. The molecular weight excluding hydrogens is 204 g/mol. The predicted molar refractivity (Wildman–Crippen MR) is 40.4 cm³/mol. The molecule has 9 heavy (non-hydrogen) atoms. The van der Waals surface area contributed by atoms with Gasteiger partial charge in [-0.3, -0.25) is 0 Å². The van der Waals surface area contributed by atoms with Crippen molar-refractivity contribution < 1.29 is 8.42 Å². The second-order valence-corrected chi connectivity index (χ2v) is 6.92. The van der Waals surface area contributed by atoms with Crippen LogP contribution in [0.5, 0.6) is 0 Å². The zero-order valence-electron chi connectivity index (χ0n) is 5.22. The lowest BCUT2D eigenvalue weighted by Gasteiger charge is -2.03. The van der Waals surface area contributed by atoms with Gasteiger partial charge in [0.15, 0.2) is 9.84 Å². The lowest BCUT2D eigenvalue weighted by Crippen LogP contribution is -2.17. The zero-order valence-corrected chi connectivity index (χ0v) is 7.63. The standard InChI is InChI=1S/C5H9BrO2S/c1-2-9(7,8)5(6)3-4-5/h2-4H2,1H3. The van der Waals surface area contributed by atoms with Gasteiger partial charge >= 0.3 is 0 Å². The van der Waals surface area contributed by atoms with E-state index in [0.717, 1.165) is 12.8 Å². The normalized spacial score (nSPS) is 23.8. The molecule has 0 spiro atoms. The van der Waals surface area contributed by atoms with E-state index in [4.69, 9.17) is 0 Å². The summed E-state index contributed by atoms with van der Waals surface area (Å²) in [6.07, 6.45) is 1.56. The van der Waals surface area contributed by atoms with Gasteiger partial charge in [0, 0.05) is 5.75 Å². The second kappa shape index (κ2) is 1.95. The number of sulfone groups is 1. The van der Waals surface area contributed by atoms with E-state index in [2.05, 4.69) is 15.9 Å². The Bertz CT molecular complexity index is 203. The highest BCUT2D eigenvalue weighted by Gasteiger charge is 2.51. The third kappa shape index (κ3) is 1.15. The van der Waals surface area contributed by atoms with Gasteiger partial charge in [-0.05, 0) is 12.8 Å². The Labute approximate surface area is 63.7 Å². The van der Waals surface area contributed by atoms with Crippen molar-refractivity contribution in [1.29, 1.82) is 0 Å². The van der Waals surface area contributed by atoms with Crippen LogP contribution < -0.4 is 0 Å². The van der Waals surface area contributed by atoms with Crippen LogP contribution >= 0.6 is 15.9 Å². The number of hydrogen-bond donors (Lipinski definition) is 0. The topological polar surface area (TPSA) is 34.1 Å². The van der Waals surface area contributed by atoms with Crippen molar-refractivity contribution in [3.05, 3.63) is 0 Å². The summed E-state index contributed by atoms with van der Waals surface area (Å²) in [4.78, 5) is 0. The Hall–Kier alpha value is 0.430. The van der Waals surface area contributed by atoms with Crippen molar-refractivity contribution in [2.24, 2.45) is 0 Å². The first kappa shape index (κ1) is 7.54. The fourth-order valence-corrected chi connectivity index (χ4v) is 2.79. The third-order valence-electron chi connectivity index (χ3n) is 1.58. The van der Waals surface area contributed by atoms with Crippen molar-refractivity contribution in [2.75, 3.05) is 5.75 Å². The van der Waals surface area contributed by atoms with Crippen molar-refractivity contribution in [1.82, 2.24) is 0 Å². The molecule has 0 saturated heterocycles. The molecule has 2 nitrogen and oxygen atoms in total. The molecular formula is C5H9BrO2S. The number of halogens is 1. The summed E-state index contributed by atoms with van der Waals surface area (Å²) in [5.41, 5.74) is 0. The molecule has 0 atom stereocenters. The molecule has 0 aliphatic heterocycles. The van der Waals surface area contributed by atoms with Crippen LogP contribution in [0.3, 0.4) is 0 Å². The van der Waals surface area contributed by atoms with Gasteiger partial charge in [-0.2, -0.15) is 0 Å². The Morgan fingerprint density at radius 2 is 2.00 bits per heavy atom. The summed E-state index contributed by atoms with van der Waals surface area (Å²) >= 11 is 3.18. The number of alkyl halides is 1. The van der Waals surface area contributed by atoms with E-state index in [1.165, 1.54) is 0 Å². The van der Waals surface area contributed by atoms with Crippen LogP contribution in [0.2, 0.25) is 0 Å². The average Bonchev–Trinajstić information content (AvgIpc) is 2.49. The van der Waals surface area contributed by atoms with Crippen LogP contribution in [0.25, 0.3) is 0 Å². The summed E-state index contributed by atoms with van der Waals surface area (Å²) in [5.74, 6) is 0.248. The highest BCUT2D eigenvalue weighted by atomic mass is 79.9. The Morgan fingerprint density at radius 3 is 2.11 bits per heavy atom. The molecule has 0 unspecified atom stereocenters. The molecule has 1 saturated carbocycles. The molecule has 1 aliphatic carbocycles. The smallest absolute Gasteiger partial charge is 0.165 e. The van der Waals surface area contributed by atoms with Crippen molar-refractivity contribution in [2.45, 2.75) is 23.4 Å². The van der Waals surface area contributed by atoms with Gasteiger partial charge in [0.05, 0.1) is 0 Å². The number of hydrogen-bond acceptors (Lipinski definition) is 2. The Kier molecular flexibility index (Phi) is 1.64. The van der Waals surface area contributed by atoms with Gasteiger partial charge in [0.1, 0.15) is 3.66 Å². The van der Waals surface area contributed by atoms with Crippen molar-refractivity contribution in [3.8, 4) is 0 Å². The number of rotatable bonds is 2. The Balaban J connectivity index is 2.84. The van der Waals surface area contributed by atoms with Crippen LogP contribution in [0, 0.1) is 0 Å². The maximum atomic E-state index is 11.0. The molecule has 4 heteroatoms. The lowest BCUT2D eigenvalue weighted by atomic mass is 10.9. The summed E-state index contributed by atoms with van der Waals surface area (Å²) < 4.78 is 21.6.